The van der Waals surface area contributed by atoms with E-state index in [2.05, 4.69) is 10.2 Å². The molecule has 0 bridgehead atoms. The van der Waals surface area contributed by atoms with Crippen molar-refractivity contribution < 1.29 is 4.79 Å². The molecule has 0 unspecified atom stereocenters. The molecule has 0 aliphatic carbocycles. The third kappa shape index (κ3) is 3.14. The molecule has 2 N–H and O–H groups in total. The number of aromatic nitrogens is 3. The van der Waals surface area contributed by atoms with E-state index in [9.17, 15) is 4.79 Å². The zero-order valence-corrected chi connectivity index (χ0v) is 11.8. The SMILES string of the molecule is Cc1ccccc1-n1c(C)nnc1SCCC(N)=O. The summed E-state index contributed by atoms with van der Waals surface area (Å²) in [4.78, 5) is 10.8. The molecule has 1 amide bonds. The molecule has 1 aromatic carbocycles. The van der Waals surface area contributed by atoms with Crippen LogP contribution in [0, 0.1) is 13.8 Å². The maximum atomic E-state index is 10.8. The lowest BCUT2D eigenvalue weighted by atomic mass is 10.2. The molecule has 0 aliphatic rings. The maximum Gasteiger partial charge on any atom is 0.218 e. The smallest absolute Gasteiger partial charge is 0.218 e. The standard InChI is InChI=1S/C13H16N4OS/c1-9-5-3-4-6-11(9)17-10(2)15-16-13(17)19-8-7-12(14)18/h3-6H,7-8H2,1-2H3,(H2,14,18). The number of carbonyl (C=O) groups excluding carboxylic acids is 1. The van der Waals surface area contributed by atoms with Crippen LogP contribution in [0.25, 0.3) is 5.69 Å². The van der Waals surface area contributed by atoms with Gasteiger partial charge in [0.2, 0.25) is 5.91 Å². The minimum absolute atomic E-state index is 0.300. The Labute approximate surface area is 116 Å². The van der Waals surface area contributed by atoms with Crippen LogP contribution in [0.2, 0.25) is 0 Å². The van der Waals surface area contributed by atoms with Crippen molar-refractivity contribution in [2.45, 2.75) is 25.4 Å². The van der Waals surface area contributed by atoms with Gasteiger partial charge in [0.25, 0.3) is 0 Å². The summed E-state index contributed by atoms with van der Waals surface area (Å²) in [6.07, 6.45) is 0.338. The number of hydrogen-bond donors (Lipinski definition) is 1. The number of rotatable bonds is 5. The molecule has 0 aliphatic heterocycles. The topological polar surface area (TPSA) is 73.8 Å². The van der Waals surface area contributed by atoms with Crippen molar-refractivity contribution in [3.05, 3.63) is 35.7 Å². The van der Waals surface area contributed by atoms with E-state index in [4.69, 9.17) is 5.73 Å². The molecule has 19 heavy (non-hydrogen) atoms. The highest BCUT2D eigenvalue weighted by molar-refractivity contribution is 7.99. The number of primary amides is 1. The Kier molecular flexibility index (Phi) is 4.21. The minimum Gasteiger partial charge on any atom is -0.370 e. The van der Waals surface area contributed by atoms with Gasteiger partial charge in [-0.2, -0.15) is 0 Å². The van der Waals surface area contributed by atoms with E-state index in [1.807, 2.05) is 42.7 Å². The number of amides is 1. The van der Waals surface area contributed by atoms with E-state index in [-0.39, 0.29) is 5.91 Å². The zero-order valence-electron chi connectivity index (χ0n) is 11.0. The summed E-state index contributed by atoms with van der Waals surface area (Å²) in [6, 6.07) is 8.06. The molecule has 0 fully saturated rings. The quantitative estimate of drug-likeness (QED) is 0.846. The van der Waals surface area contributed by atoms with Crippen molar-refractivity contribution in [2.24, 2.45) is 5.73 Å². The molecule has 0 radical (unpaired) electrons. The second-order valence-corrected chi connectivity index (χ2v) is 5.28. The van der Waals surface area contributed by atoms with E-state index < -0.39 is 0 Å². The van der Waals surface area contributed by atoms with Crippen LogP contribution in [0.5, 0.6) is 0 Å². The Morgan fingerprint density at radius 2 is 2.05 bits per heavy atom. The zero-order chi connectivity index (χ0) is 13.8. The van der Waals surface area contributed by atoms with E-state index >= 15 is 0 Å². The van der Waals surface area contributed by atoms with E-state index in [1.165, 1.54) is 11.8 Å². The molecule has 0 atom stereocenters. The first kappa shape index (κ1) is 13.6. The largest absolute Gasteiger partial charge is 0.370 e. The average molecular weight is 276 g/mol. The number of thioether (sulfide) groups is 1. The number of benzene rings is 1. The van der Waals surface area contributed by atoms with Crippen molar-refractivity contribution in [2.75, 3.05) is 5.75 Å². The highest BCUT2D eigenvalue weighted by atomic mass is 32.2. The Morgan fingerprint density at radius 1 is 1.32 bits per heavy atom. The number of aryl methyl sites for hydroxylation is 2. The Morgan fingerprint density at radius 3 is 2.74 bits per heavy atom. The van der Waals surface area contributed by atoms with Crippen molar-refractivity contribution in [3.63, 3.8) is 0 Å². The van der Waals surface area contributed by atoms with Crippen LogP contribution < -0.4 is 5.73 Å². The second-order valence-electron chi connectivity index (χ2n) is 4.22. The van der Waals surface area contributed by atoms with Crippen LogP contribution in [0.1, 0.15) is 17.8 Å². The molecule has 2 aromatic rings. The first-order valence-corrected chi connectivity index (χ1v) is 6.97. The van der Waals surface area contributed by atoms with Crippen LogP contribution in [-0.2, 0) is 4.79 Å². The van der Waals surface area contributed by atoms with Gasteiger partial charge in [-0.3, -0.25) is 9.36 Å². The molecule has 0 spiro atoms. The van der Waals surface area contributed by atoms with Crippen LogP contribution in [0.3, 0.4) is 0 Å². The highest BCUT2D eigenvalue weighted by Gasteiger charge is 2.12. The average Bonchev–Trinajstić information content (AvgIpc) is 2.71. The summed E-state index contributed by atoms with van der Waals surface area (Å²) < 4.78 is 2.00. The highest BCUT2D eigenvalue weighted by Crippen LogP contribution is 2.24. The van der Waals surface area contributed by atoms with Crippen molar-refractivity contribution in [3.8, 4) is 5.69 Å². The Balaban J connectivity index is 2.28. The van der Waals surface area contributed by atoms with E-state index in [0.717, 1.165) is 22.2 Å². The summed E-state index contributed by atoms with van der Waals surface area (Å²) in [5.41, 5.74) is 7.36. The van der Waals surface area contributed by atoms with Gasteiger partial charge in [0.1, 0.15) is 5.82 Å². The monoisotopic (exact) mass is 276 g/mol. The molecule has 100 valence electrons. The van der Waals surface area contributed by atoms with E-state index in [0.29, 0.717) is 12.2 Å². The number of hydrogen-bond acceptors (Lipinski definition) is 4. The first-order valence-electron chi connectivity index (χ1n) is 5.98. The molecular weight excluding hydrogens is 260 g/mol. The van der Waals surface area contributed by atoms with Gasteiger partial charge < -0.3 is 5.73 Å². The fourth-order valence-electron chi connectivity index (χ4n) is 1.77. The van der Waals surface area contributed by atoms with Gasteiger partial charge in [-0.1, -0.05) is 30.0 Å². The van der Waals surface area contributed by atoms with Gasteiger partial charge in [-0.05, 0) is 25.5 Å². The number of nitrogens with two attached hydrogens (primary N) is 1. The third-order valence-corrected chi connectivity index (χ3v) is 3.66. The summed E-state index contributed by atoms with van der Waals surface area (Å²) in [7, 11) is 0. The molecular formula is C13H16N4OS. The van der Waals surface area contributed by atoms with Crippen LogP contribution in [0.15, 0.2) is 29.4 Å². The normalized spacial score (nSPS) is 10.6. The molecule has 1 heterocycles. The lowest BCUT2D eigenvalue weighted by Crippen LogP contribution is -2.11. The Bertz CT molecular complexity index is 594. The summed E-state index contributed by atoms with van der Waals surface area (Å²) >= 11 is 1.49. The fourth-order valence-corrected chi connectivity index (χ4v) is 2.71. The van der Waals surface area contributed by atoms with Gasteiger partial charge in [0.05, 0.1) is 5.69 Å². The van der Waals surface area contributed by atoms with Gasteiger partial charge in [0, 0.05) is 12.2 Å². The number of nitrogens with zero attached hydrogens (tertiary/aromatic N) is 3. The fraction of sp³-hybridized carbons (Fsp3) is 0.308. The molecule has 6 heteroatoms. The van der Waals surface area contributed by atoms with Gasteiger partial charge in [0.15, 0.2) is 5.16 Å². The van der Waals surface area contributed by atoms with Crippen molar-refractivity contribution >= 4 is 17.7 Å². The summed E-state index contributed by atoms with van der Waals surface area (Å²) in [5.74, 6) is 1.14. The molecule has 0 saturated carbocycles. The minimum atomic E-state index is -0.300. The summed E-state index contributed by atoms with van der Waals surface area (Å²) in [5, 5.41) is 9.05. The molecule has 1 aromatic heterocycles. The molecule has 5 nitrogen and oxygen atoms in total. The maximum absolute atomic E-state index is 10.8. The van der Waals surface area contributed by atoms with E-state index in [1.54, 1.807) is 0 Å². The summed E-state index contributed by atoms with van der Waals surface area (Å²) in [6.45, 7) is 3.96. The first-order chi connectivity index (χ1) is 9.09. The number of carbonyl (C=O) groups is 1. The molecule has 2 rings (SSSR count). The van der Waals surface area contributed by atoms with Gasteiger partial charge in [-0.15, -0.1) is 10.2 Å². The van der Waals surface area contributed by atoms with Crippen molar-refractivity contribution in [1.29, 1.82) is 0 Å². The van der Waals surface area contributed by atoms with Gasteiger partial charge >= 0.3 is 0 Å². The van der Waals surface area contributed by atoms with Crippen LogP contribution in [-0.4, -0.2) is 26.4 Å². The van der Waals surface area contributed by atoms with Gasteiger partial charge in [-0.25, -0.2) is 0 Å². The predicted molar refractivity (Wildman–Crippen MR) is 75.4 cm³/mol. The second kappa shape index (κ2) is 5.88. The molecule has 0 saturated heterocycles. The Hall–Kier alpha value is -1.82. The lowest BCUT2D eigenvalue weighted by molar-refractivity contribution is -0.117. The number of para-hydroxylation sites is 1. The third-order valence-electron chi connectivity index (χ3n) is 2.73. The van der Waals surface area contributed by atoms with Crippen LogP contribution in [0.4, 0.5) is 0 Å². The van der Waals surface area contributed by atoms with Crippen molar-refractivity contribution in [1.82, 2.24) is 14.8 Å². The predicted octanol–water partition coefficient (Wildman–Crippen LogP) is 1.85. The van der Waals surface area contributed by atoms with Crippen LogP contribution >= 0.6 is 11.8 Å². The lowest BCUT2D eigenvalue weighted by Gasteiger charge is -2.10.